The maximum Gasteiger partial charge on any atom is 0.337 e. The third-order valence-electron chi connectivity index (χ3n) is 3.49. The topological polar surface area (TPSA) is 112 Å². The van der Waals surface area contributed by atoms with Crippen molar-refractivity contribution in [2.45, 2.75) is 13.3 Å². The standard InChI is InChI=1S/C15H15NO6S/c1-8(17)23-7-9-4-13(18)16(6-9)12-3-2-10(14(19)20)5-11(12)15(21)22/h2-3,5,9H,4,6-7H2,1H3,(H,19,20)(H,21,22). The Labute approximate surface area is 136 Å². The fraction of sp³-hybridized carbons (Fsp3) is 0.333. The summed E-state index contributed by atoms with van der Waals surface area (Å²) in [5, 5.41) is 18.2. The van der Waals surface area contributed by atoms with Crippen LogP contribution >= 0.6 is 11.8 Å². The summed E-state index contributed by atoms with van der Waals surface area (Å²) in [6.45, 7) is 1.76. The van der Waals surface area contributed by atoms with Crippen molar-refractivity contribution in [1.29, 1.82) is 0 Å². The van der Waals surface area contributed by atoms with Gasteiger partial charge in [-0.25, -0.2) is 9.59 Å². The molecule has 1 heterocycles. The Morgan fingerprint density at radius 3 is 2.52 bits per heavy atom. The highest BCUT2D eigenvalue weighted by molar-refractivity contribution is 8.13. The van der Waals surface area contributed by atoms with Gasteiger partial charge >= 0.3 is 11.9 Å². The van der Waals surface area contributed by atoms with Gasteiger partial charge in [0.25, 0.3) is 0 Å². The highest BCUT2D eigenvalue weighted by Gasteiger charge is 2.33. The fourth-order valence-electron chi connectivity index (χ4n) is 2.44. The Hall–Kier alpha value is -2.35. The first-order valence-electron chi connectivity index (χ1n) is 6.84. The normalized spacial score (nSPS) is 17.3. The third-order valence-corrected chi connectivity index (χ3v) is 4.54. The summed E-state index contributed by atoms with van der Waals surface area (Å²) < 4.78 is 0. The highest BCUT2D eigenvalue weighted by Crippen LogP contribution is 2.30. The molecule has 8 heteroatoms. The summed E-state index contributed by atoms with van der Waals surface area (Å²) >= 11 is 1.13. The number of carboxylic acid groups (broad SMARTS) is 2. The lowest BCUT2D eigenvalue weighted by Crippen LogP contribution is -2.27. The molecule has 0 aliphatic carbocycles. The lowest BCUT2D eigenvalue weighted by Gasteiger charge is -2.19. The molecule has 1 aromatic rings. The van der Waals surface area contributed by atoms with E-state index in [0.29, 0.717) is 12.3 Å². The number of carboxylic acids is 2. The molecule has 23 heavy (non-hydrogen) atoms. The van der Waals surface area contributed by atoms with E-state index in [-0.39, 0.29) is 40.2 Å². The van der Waals surface area contributed by atoms with Gasteiger partial charge in [-0.15, -0.1) is 0 Å². The number of hydrogen-bond donors (Lipinski definition) is 2. The van der Waals surface area contributed by atoms with Crippen molar-refractivity contribution in [3.8, 4) is 0 Å². The second-order valence-corrected chi connectivity index (χ2v) is 6.42. The zero-order valence-corrected chi connectivity index (χ0v) is 13.1. The van der Waals surface area contributed by atoms with Crippen LogP contribution in [0.3, 0.4) is 0 Å². The predicted octanol–water partition coefficient (Wildman–Crippen LogP) is 1.72. The van der Waals surface area contributed by atoms with Gasteiger partial charge in [-0.3, -0.25) is 9.59 Å². The molecule has 0 radical (unpaired) electrons. The van der Waals surface area contributed by atoms with Crippen molar-refractivity contribution in [3.05, 3.63) is 29.3 Å². The molecular formula is C15H15NO6S. The Morgan fingerprint density at radius 1 is 1.26 bits per heavy atom. The van der Waals surface area contributed by atoms with E-state index in [1.807, 2.05) is 0 Å². The van der Waals surface area contributed by atoms with Crippen LogP contribution in [0.1, 0.15) is 34.1 Å². The summed E-state index contributed by atoms with van der Waals surface area (Å²) in [5.41, 5.74) is -0.192. The van der Waals surface area contributed by atoms with E-state index in [1.54, 1.807) is 0 Å². The van der Waals surface area contributed by atoms with E-state index < -0.39 is 11.9 Å². The van der Waals surface area contributed by atoms with Gasteiger partial charge in [0.2, 0.25) is 5.91 Å². The van der Waals surface area contributed by atoms with E-state index in [2.05, 4.69) is 0 Å². The molecule has 122 valence electrons. The molecule has 2 N–H and O–H groups in total. The van der Waals surface area contributed by atoms with Crippen LogP contribution in [0, 0.1) is 5.92 Å². The van der Waals surface area contributed by atoms with Crippen molar-refractivity contribution < 1.29 is 29.4 Å². The second kappa shape index (κ2) is 6.82. The average Bonchev–Trinajstić information content (AvgIpc) is 2.85. The molecular weight excluding hydrogens is 322 g/mol. The summed E-state index contributed by atoms with van der Waals surface area (Å²) in [6, 6.07) is 3.66. The van der Waals surface area contributed by atoms with Gasteiger partial charge in [-0.2, -0.15) is 0 Å². The lowest BCUT2D eigenvalue weighted by molar-refractivity contribution is -0.117. The number of aromatic carboxylic acids is 2. The molecule has 1 aromatic carbocycles. The lowest BCUT2D eigenvalue weighted by atomic mass is 10.1. The minimum absolute atomic E-state index is 0.0343. The summed E-state index contributed by atoms with van der Waals surface area (Å²) in [5.74, 6) is -2.31. The number of anilines is 1. The molecule has 0 saturated carbocycles. The first kappa shape index (κ1) is 17.0. The van der Waals surface area contributed by atoms with E-state index in [9.17, 15) is 24.3 Å². The molecule has 1 saturated heterocycles. The van der Waals surface area contributed by atoms with E-state index >= 15 is 0 Å². The summed E-state index contributed by atoms with van der Waals surface area (Å²) in [6.07, 6.45) is 0.236. The van der Waals surface area contributed by atoms with Crippen LogP contribution in [0.4, 0.5) is 5.69 Å². The number of thioether (sulfide) groups is 1. The summed E-state index contributed by atoms with van der Waals surface area (Å²) in [4.78, 5) is 46.8. The molecule has 0 aromatic heterocycles. The Morgan fingerprint density at radius 2 is 1.96 bits per heavy atom. The number of benzene rings is 1. The SMILES string of the molecule is CC(=O)SCC1CC(=O)N(c2ccc(C(=O)O)cc2C(=O)O)C1. The largest absolute Gasteiger partial charge is 0.478 e. The van der Waals surface area contributed by atoms with Gasteiger partial charge in [0, 0.05) is 25.6 Å². The van der Waals surface area contributed by atoms with Crippen molar-refractivity contribution >= 4 is 40.4 Å². The van der Waals surface area contributed by atoms with Gasteiger partial charge in [0.1, 0.15) is 0 Å². The van der Waals surface area contributed by atoms with Gasteiger partial charge in [0.15, 0.2) is 5.12 Å². The van der Waals surface area contributed by atoms with Crippen LogP contribution in [-0.2, 0) is 9.59 Å². The van der Waals surface area contributed by atoms with Crippen LogP contribution < -0.4 is 4.90 Å². The Kier molecular flexibility index (Phi) is 5.05. The number of hydrogen-bond acceptors (Lipinski definition) is 5. The molecule has 1 amide bonds. The first-order valence-corrected chi connectivity index (χ1v) is 7.82. The molecule has 2 rings (SSSR count). The van der Waals surface area contributed by atoms with Crippen molar-refractivity contribution in [1.82, 2.24) is 0 Å². The smallest absolute Gasteiger partial charge is 0.337 e. The molecule has 1 fully saturated rings. The molecule has 7 nitrogen and oxygen atoms in total. The Bertz CT molecular complexity index is 687. The van der Waals surface area contributed by atoms with E-state index in [4.69, 9.17) is 5.11 Å². The van der Waals surface area contributed by atoms with E-state index in [1.165, 1.54) is 24.0 Å². The first-order chi connectivity index (χ1) is 10.8. The van der Waals surface area contributed by atoms with Gasteiger partial charge in [0.05, 0.1) is 16.8 Å². The molecule has 1 aliphatic rings. The maximum atomic E-state index is 12.1. The zero-order chi connectivity index (χ0) is 17.1. The monoisotopic (exact) mass is 337 g/mol. The van der Waals surface area contributed by atoms with Crippen LogP contribution in [-0.4, -0.2) is 45.5 Å². The van der Waals surface area contributed by atoms with Crippen molar-refractivity contribution in [3.63, 3.8) is 0 Å². The average molecular weight is 337 g/mol. The van der Waals surface area contributed by atoms with Gasteiger partial charge < -0.3 is 15.1 Å². The maximum absolute atomic E-state index is 12.1. The predicted molar refractivity (Wildman–Crippen MR) is 84.0 cm³/mol. The number of nitrogens with zero attached hydrogens (tertiary/aromatic N) is 1. The van der Waals surface area contributed by atoms with Crippen LogP contribution in [0.5, 0.6) is 0 Å². The van der Waals surface area contributed by atoms with E-state index in [0.717, 1.165) is 17.8 Å². The minimum atomic E-state index is -1.29. The zero-order valence-electron chi connectivity index (χ0n) is 12.3. The van der Waals surface area contributed by atoms with Crippen molar-refractivity contribution in [2.24, 2.45) is 5.92 Å². The van der Waals surface area contributed by atoms with Gasteiger partial charge in [-0.05, 0) is 24.1 Å². The fourth-order valence-corrected chi connectivity index (χ4v) is 3.13. The minimum Gasteiger partial charge on any atom is -0.478 e. The van der Waals surface area contributed by atoms with Crippen LogP contribution in [0.15, 0.2) is 18.2 Å². The molecule has 0 spiro atoms. The van der Waals surface area contributed by atoms with Crippen molar-refractivity contribution in [2.75, 3.05) is 17.2 Å². The number of carbonyl (C=O) groups excluding carboxylic acids is 2. The van der Waals surface area contributed by atoms with Crippen LogP contribution in [0.25, 0.3) is 0 Å². The van der Waals surface area contributed by atoms with Crippen LogP contribution in [0.2, 0.25) is 0 Å². The number of rotatable bonds is 5. The van der Waals surface area contributed by atoms with Gasteiger partial charge in [-0.1, -0.05) is 11.8 Å². The summed E-state index contributed by atoms with van der Waals surface area (Å²) in [7, 11) is 0. The number of carbonyl (C=O) groups is 4. The molecule has 1 atom stereocenters. The quantitative estimate of drug-likeness (QED) is 0.841. The number of amides is 1. The Balaban J connectivity index is 2.27. The molecule has 1 unspecified atom stereocenters. The molecule has 0 bridgehead atoms. The molecule has 1 aliphatic heterocycles. The third kappa shape index (κ3) is 3.89. The highest BCUT2D eigenvalue weighted by atomic mass is 32.2. The second-order valence-electron chi connectivity index (χ2n) is 5.22.